The predicted molar refractivity (Wildman–Crippen MR) is 90.5 cm³/mol. The number of carbonyl (C=O) groups is 1. The van der Waals surface area contributed by atoms with Gasteiger partial charge in [-0.1, -0.05) is 23.2 Å². The number of pyridine rings is 1. The Morgan fingerprint density at radius 1 is 1.21 bits per heavy atom. The van der Waals surface area contributed by atoms with Crippen LogP contribution in [0.2, 0.25) is 10.0 Å². The molecule has 0 atom stereocenters. The van der Waals surface area contributed by atoms with Gasteiger partial charge >= 0.3 is 6.18 Å². The van der Waals surface area contributed by atoms with E-state index in [4.69, 9.17) is 23.2 Å². The second kappa shape index (κ2) is 8.05. The summed E-state index contributed by atoms with van der Waals surface area (Å²) in [6.07, 6.45) is -2.37. The van der Waals surface area contributed by atoms with E-state index in [0.29, 0.717) is 16.3 Å². The molecule has 0 N–H and O–H groups in total. The van der Waals surface area contributed by atoms with E-state index in [1.165, 1.54) is 17.8 Å². The molecule has 0 bridgehead atoms. The Labute approximate surface area is 150 Å². The lowest BCUT2D eigenvalue weighted by molar-refractivity contribution is -0.137. The summed E-state index contributed by atoms with van der Waals surface area (Å²) in [5, 5.41) is 2.02. The fourth-order valence-electron chi connectivity index (χ4n) is 1.67. The molecule has 0 unspecified atom stereocenters. The molecule has 0 aliphatic heterocycles. The summed E-state index contributed by atoms with van der Waals surface area (Å²) < 4.78 is 37.6. The van der Waals surface area contributed by atoms with E-state index in [2.05, 4.69) is 4.98 Å². The number of alkyl halides is 3. The van der Waals surface area contributed by atoms with E-state index in [0.717, 1.165) is 12.3 Å². The van der Waals surface area contributed by atoms with Crippen molar-refractivity contribution >= 4 is 40.7 Å². The van der Waals surface area contributed by atoms with E-state index in [1.54, 1.807) is 29.7 Å². The number of ketones is 1. The first kappa shape index (κ1) is 18.8. The molecule has 0 aliphatic rings. The summed E-state index contributed by atoms with van der Waals surface area (Å²) in [6, 6.07) is 7.28. The van der Waals surface area contributed by atoms with Crippen LogP contribution in [0.3, 0.4) is 0 Å². The van der Waals surface area contributed by atoms with Gasteiger partial charge in [-0.2, -0.15) is 13.2 Å². The zero-order valence-electron chi connectivity index (χ0n) is 12.0. The molecule has 2 rings (SSSR count). The summed E-state index contributed by atoms with van der Waals surface area (Å²) in [6.45, 7) is 0. The van der Waals surface area contributed by atoms with Crippen LogP contribution in [0.5, 0.6) is 0 Å². The standard InChI is InChI=1S/C16H10Cl2F3NOS/c17-12-3-1-10(2-4-12)15(23)5-6-24-9-14-13(18)7-11(8-22-14)16(19,20)21/h1-8H,9H2/b6-5+. The summed E-state index contributed by atoms with van der Waals surface area (Å²) in [5.74, 6) is 0.0482. The Morgan fingerprint density at radius 2 is 1.88 bits per heavy atom. The minimum Gasteiger partial charge on any atom is -0.289 e. The van der Waals surface area contributed by atoms with Crippen LogP contribution in [0.4, 0.5) is 13.2 Å². The van der Waals surface area contributed by atoms with Gasteiger partial charge in [0.05, 0.1) is 16.3 Å². The average molecular weight is 392 g/mol. The first-order valence-electron chi connectivity index (χ1n) is 6.57. The van der Waals surface area contributed by atoms with Crippen molar-refractivity contribution in [1.29, 1.82) is 0 Å². The second-order valence-electron chi connectivity index (χ2n) is 4.64. The molecule has 8 heteroatoms. The van der Waals surface area contributed by atoms with Crippen LogP contribution in [0.15, 0.2) is 48.0 Å². The number of rotatable bonds is 5. The molecule has 1 aromatic carbocycles. The van der Waals surface area contributed by atoms with Crippen molar-refractivity contribution in [2.24, 2.45) is 0 Å². The maximum atomic E-state index is 12.5. The van der Waals surface area contributed by atoms with E-state index in [-0.39, 0.29) is 16.6 Å². The van der Waals surface area contributed by atoms with Crippen LogP contribution in [0.1, 0.15) is 21.6 Å². The monoisotopic (exact) mass is 391 g/mol. The molecule has 2 nitrogen and oxygen atoms in total. The molecule has 126 valence electrons. The van der Waals surface area contributed by atoms with Crippen LogP contribution in [-0.4, -0.2) is 10.8 Å². The summed E-state index contributed by atoms with van der Waals surface area (Å²) in [4.78, 5) is 15.6. The van der Waals surface area contributed by atoms with Gasteiger partial charge in [0.1, 0.15) is 0 Å². The van der Waals surface area contributed by atoms with Gasteiger partial charge in [0, 0.05) is 22.5 Å². The number of hydrogen-bond donors (Lipinski definition) is 0. The van der Waals surface area contributed by atoms with Gasteiger partial charge < -0.3 is 0 Å². The lowest BCUT2D eigenvalue weighted by Gasteiger charge is -2.08. The Bertz CT molecular complexity index is 761. The first-order valence-corrected chi connectivity index (χ1v) is 8.37. The molecule has 0 fully saturated rings. The minimum atomic E-state index is -4.48. The second-order valence-corrected chi connectivity index (χ2v) is 6.37. The van der Waals surface area contributed by atoms with Crippen molar-refractivity contribution in [3.05, 3.63) is 74.9 Å². The number of aromatic nitrogens is 1. The van der Waals surface area contributed by atoms with Crippen molar-refractivity contribution in [3.63, 3.8) is 0 Å². The zero-order chi connectivity index (χ0) is 17.7. The van der Waals surface area contributed by atoms with Crippen molar-refractivity contribution in [1.82, 2.24) is 4.98 Å². The molecule has 1 aromatic heterocycles. The predicted octanol–water partition coefficient (Wildman–Crippen LogP) is 6.04. The molecular weight excluding hydrogens is 382 g/mol. The number of benzene rings is 1. The number of allylic oxidation sites excluding steroid dienone is 1. The van der Waals surface area contributed by atoms with Crippen molar-refractivity contribution in [2.75, 3.05) is 0 Å². The van der Waals surface area contributed by atoms with Crippen molar-refractivity contribution in [3.8, 4) is 0 Å². The number of halogens is 5. The van der Waals surface area contributed by atoms with Gasteiger partial charge in [-0.05, 0) is 41.8 Å². The molecule has 2 aromatic rings. The summed E-state index contributed by atoms with van der Waals surface area (Å²) in [7, 11) is 0. The lowest BCUT2D eigenvalue weighted by atomic mass is 10.1. The largest absolute Gasteiger partial charge is 0.417 e. The molecular formula is C16H10Cl2F3NOS. The first-order chi connectivity index (χ1) is 11.3. The van der Waals surface area contributed by atoms with Crippen LogP contribution < -0.4 is 0 Å². The Kier molecular flexibility index (Phi) is 6.32. The number of nitrogens with zero attached hydrogens (tertiary/aromatic N) is 1. The highest BCUT2D eigenvalue weighted by molar-refractivity contribution is 8.01. The van der Waals surface area contributed by atoms with Crippen LogP contribution in [0.25, 0.3) is 0 Å². The molecule has 24 heavy (non-hydrogen) atoms. The van der Waals surface area contributed by atoms with Crippen molar-refractivity contribution < 1.29 is 18.0 Å². The van der Waals surface area contributed by atoms with Gasteiger partial charge in [-0.15, -0.1) is 11.8 Å². The van der Waals surface area contributed by atoms with E-state index >= 15 is 0 Å². The maximum absolute atomic E-state index is 12.5. The average Bonchev–Trinajstić information content (AvgIpc) is 2.52. The highest BCUT2D eigenvalue weighted by Crippen LogP contribution is 2.31. The molecule has 0 aliphatic carbocycles. The van der Waals surface area contributed by atoms with Crippen LogP contribution >= 0.6 is 35.0 Å². The van der Waals surface area contributed by atoms with Crippen LogP contribution in [-0.2, 0) is 11.9 Å². The van der Waals surface area contributed by atoms with E-state index in [9.17, 15) is 18.0 Å². The molecule has 0 amide bonds. The molecule has 0 radical (unpaired) electrons. The third kappa shape index (κ3) is 5.26. The van der Waals surface area contributed by atoms with E-state index in [1.807, 2.05) is 0 Å². The number of hydrogen-bond acceptors (Lipinski definition) is 3. The molecule has 0 saturated heterocycles. The van der Waals surface area contributed by atoms with Crippen LogP contribution in [0, 0.1) is 0 Å². The fourth-order valence-corrected chi connectivity index (χ4v) is 2.82. The summed E-state index contributed by atoms with van der Waals surface area (Å²) in [5.41, 5.74) is -0.0881. The smallest absolute Gasteiger partial charge is 0.289 e. The topological polar surface area (TPSA) is 30.0 Å². The third-order valence-corrected chi connectivity index (χ3v) is 4.26. The van der Waals surface area contributed by atoms with Crippen molar-refractivity contribution in [2.45, 2.75) is 11.9 Å². The van der Waals surface area contributed by atoms with Gasteiger partial charge in [0.15, 0.2) is 5.78 Å². The number of carbonyl (C=O) groups excluding carboxylic acids is 1. The third-order valence-electron chi connectivity index (χ3n) is 2.91. The Balaban J connectivity index is 1.94. The SMILES string of the molecule is O=C(/C=C/SCc1ncc(C(F)(F)F)cc1Cl)c1ccc(Cl)cc1. The Morgan fingerprint density at radius 3 is 2.46 bits per heavy atom. The molecule has 0 spiro atoms. The highest BCUT2D eigenvalue weighted by atomic mass is 35.5. The fraction of sp³-hybridized carbons (Fsp3) is 0.125. The molecule has 1 heterocycles. The van der Waals surface area contributed by atoms with Gasteiger partial charge in [-0.25, -0.2) is 0 Å². The highest BCUT2D eigenvalue weighted by Gasteiger charge is 2.31. The normalized spacial score (nSPS) is 11.9. The molecule has 0 saturated carbocycles. The summed E-state index contributed by atoms with van der Waals surface area (Å²) >= 11 is 12.8. The number of thioether (sulfide) groups is 1. The van der Waals surface area contributed by atoms with Gasteiger partial charge in [0.2, 0.25) is 0 Å². The van der Waals surface area contributed by atoms with Gasteiger partial charge in [-0.3, -0.25) is 9.78 Å². The van der Waals surface area contributed by atoms with E-state index < -0.39 is 11.7 Å². The lowest BCUT2D eigenvalue weighted by Crippen LogP contribution is -2.06. The quantitative estimate of drug-likeness (QED) is 0.459. The zero-order valence-corrected chi connectivity index (χ0v) is 14.3. The Hall–Kier alpha value is -1.50. The maximum Gasteiger partial charge on any atom is 0.417 e. The van der Waals surface area contributed by atoms with Gasteiger partial charge in [0.25, 0.3) is 0 Å². The minimum absolute atomic E-state index is 0.0604.